The van der Waals surface area contributed by atoms with Gasteiger partial charge in [0.05, 0.1) is 13.5 Å². The van der Waals surface area contributed by atoms with E-state index in [4.69, 9.17) is 0 Å². The summed E-state index contributed by atoms with van der Waals surface area (Å²) in [4.78, 5) is 24.9. The monoisotopic (exact) mass is 232 g/mol. The van der Waals surface area contributed by atoms with Gasteiger partial charge in [0.15, 0.2) is 0 Å². The van der Waals surface area contributed by atoms with Crippen LogP contribution in [-0.2, 0) is 20.7 Å². The number of esters is 1. The second-order valence-electron chi connectivity index (χ2n) is 3.54. The van der Waals surface area contributed by atoms with Crippen molar-refractivity contribution in [1.82, 2.24) is 4.98 Å². The Hall–Kier alpha value is -2.30. The number of amides is 1. The molecule has 1 aromatic carbocycles. The second kappa shape index (κ2) is 4.69. The summed E-state index contributed by atoms with van der Waals surface area (Å²) >= 11 is 0. The SMILES string of the molecule is COC(=O)Cc1c(NC=O)[nH]c2ccccc12. The molecule has 17 heavy (non-hydrogen) atoms. The fourth-order valence-electron chi connectivity index (χ4n) is 1.78. The third-order valence-electron chi connectivity index (χ3n) is 2.57. The highest BCUT2D eigenvalue weighted by Gasteiger charge is 2.14. The minimum atomic E-state index is -0.344. The molecule has 0 aliphatic rings. The molecule has 0 aliphatic carbocycles. The van der Waals surface area contributed by atoms with Crippen molar-refractivity contribution < 1.29 is 14.3 Å². The van der Waals surface area contributed by atoms with Crippen molar-refractivity contribution in [1.29, 1.82) is 0 Å². The molecule has 5 heteroatoms. The van der Waals surface area contributed by atoms with Crippen LogP contribution < -0.4 is 5.32 Å². The van der Waals surface area contributed by atoms with Gasteiger partial charge in [0.2, 0.25) is 6.41 Å². The Morgan fingerprint density at radius 1 is 1.47 bits per heavy atom. The van der Waals surface area contributed by atoms with Crippen molar-refractivity contribution in [2.75, 3.05) is 12.4 Å². The number of rotatable bonds is 4. The van der Waals surface area contributed by atoms with Gasteiger partial charge in [-0.3, -0.25) is 9.59 Å². The number of aromatic nitrogens is 1. The van der Waals surface area contributed by atoms with E-state index in [1.165, 1.54) is 7.11 Å². The van der Waals surface area contributed by atoms with Crippen LogP contribution >= 0.6 is 0 Å². The van der Waals surface area contributed by atoms with Crippen molar-refractivity contribution in [2.45, 2.75) is 6.42 Å². The second-order valence-corrected chi connectivity index (χ2v) is 3.54. The van der Waals surface area contributed by atoms with Crippen LogP contribution in [0, 0.1) is 0 Å². The van der Waals surface area contributed by atoms with E-state index in [0.717, 1.165) is 16.5 Å². The lowest BCUT2D eigenvalue weighted by molar-refractivity contribution is -0.139. The minimum absolute atomic E-state index is 0.122. The standard InChI is InChI=1S/C12H12N2O3/c1-17-11(16)6-9-8-4-2-3-5-10(8)14-12(9)13-7-15/h2-5,7,14H,6H2,1H3,(H,13,15). The number of nitrogens with one attached hydrogen (secondary N) is 2. The number of methoxy groups -OCH3 is 1. The average molecular weight is 232 g/mol. The molecule has 5 nitrogen and oxygen atoms in total. The Balaban J connectivity index is 2.51. The molecule has 88 valence electrons. The Labute approximate surface area is 97.8 Å². The van der Waals surface area contributed by atoms with E-state index in [-0.39, 0.29) is 12.4 Å². The number of benzene rings is 1. The fraction of sp³-hybridized carbons (Fsp3) is 0.167. The van der Waals surface area contributed by atoms with Gasteiger partial charge < -0.3 is 15.0 Å². The molecule has 0 spiro atoms. The predicted octanol–water partition coefficient (Wildman–Crippen LogP) is 1.45. The molecule has 1 heterocycles. The molecule has 2 rings (SSSR count). The number of hydrogen-bond acceptors (Lipinski definition) is 3. The van der Waals surface area contributed by atoms with Gasteiger partial charge >= 0.3 is 5.97 Å². The lowest BCUT2D eigenvalue weighted by Gasteiger charge is -2.01. The molecule has 0 saturated heterocycles. The molecule has 0 aliphatic heterocycles. The molecular formula is C12H12N2O3. The molecule has 2 N–H and O–H groups in total. The highest BCUT2D eigenvalue weighted by molar-refractivity contribution is 5.94. The maximum absolute atomic E-state index is 11.3. The maximum Gasteiger partial charge on any atom is 0.310 e. The van der Waals surface area contributed by atoms with Crippen LogP contribution in [0.15, 0.2) is 24.3 Å². The van der Waals surface area contributed by atoms with Gasteiger partial charge in [-0.2, -0.15) is 0 Å². The van der Waals surface area contributed by atoms with Gasteiger partial charge in [-0.05, 0) is 6.07 Å². The summed E-state index contributed by atoms with van der Waals surface area (Å²) in [6.45, 7) is 0. The first-order valence-electron chi connectivity index (χ1n) is 5.13. The third kappa shape index (κ3) is 2.13. The van der Waals surface area contributed by atoms with Crippen molar-refractivity contribution >= 4 is 29.1 Å². The first kappa shape index (κ1) is 11.2. The zero-order valence-electron chi connectivity index (χ0n) is 9.32. The fourth-order valence-corrected chi connectivity index (χ4v) is 1.78. The number of aromatic amines is 1. The molecule has 0 bridgehead atoms. The first-order chi connectivity index (χ1) is 8.26. The summed E-state index contributed by atoms with van der Waals surface area (Å²) in [5, 5.41) is 3.46. The molecule has 1 aromatic heterocycles. The Kier molecular flexibility index (Phi) is 3.09. The van der Waals surface area contributed by atoms with E-state index in [0.29, 0.717) is 12.2 Å². The van der Waals surface area contributed by atoms with E-state index in [1.54, 1.807) is 0 Å². The van der Waals surface area contributed by atoms with Crippen LogP contribution in [0.1, 0.15) is 5.56 Å². The lowest BCUT2D eigenvalue weighted by atomic mass is 10.1. The first-order valence-corrected chi connectivity index (χ1v) is 5.13. The smallest absolute Gasteiger partial charge is 0.310 e. The van der Waals surface area contributed by atoms with E-state index in [9.17, 15) is 9.59 Å². The normalized spacial score (nSPS) is 10.2. The van der Waals surface area contributed by atoms with Crippen molar-refractivity contribution in [3.63, 3.8) is 0 Å². The van der Waals surface area contributed by atoms with Crippen LogP contribution in [-0.4, -0.2) is 24.5 Å². The quantitative estimate of drug-likeness (QED) is 0.619. The number of para-hydroxylation sites is 1. The molecule has 0 radical (unpaired) electrons. The van der Waals surface area contributed by atoms with Gasteiger partial charge in [-0.1, -0.05) is 18.2 Å². The number of ether oxygens (including phenoxy) is 1. The van der Waals surface area contributed by atoms with Crippen LogP contribution in [0.3, 0.4) is 0 Å². The van der Waals surface area contributed by atoms with Crippen molar-refractivity contribution in [3.05, 3.63) is 29.8 Å². The van der Waals surface area contributed by atoms with E-state index >= 15 is 0 Å². The summed E-state index contributed by atoms with van der Waals surface area (Å²) in [6.07, 6.45) is 0.697. The number of hydrogen-bond donors (Lipinski definition) is 2. The molecule has 2 aromatic rings. The van der Waals surface area contributed by atoms with Gasteiger partial charge in [0.25, 0.3) is 0 Å². The number of carbonyl (C=O) groups excluding carboxylic acids is 2. The van der Waals surface area contributed by atoms with Crippen LogP contribution in [0.5, 0.6) is 0 Å². The van der Waals surface area contributed by atoms with Gasteiger partial charge in [0.1, 0.15) is 5.82 Å². The Morgan fingerprint density at radius 2 is 2.24 bits per heavy atom. The van der Waals surface area contributed by atoms with Crippen molar-refractivity contribution in [2.24, 2.45) is 0 Å². The number of fused-ring (bicyclic) bond motifs is 1. The van der Waals surface area contributed by atoms with Crippen LogP contribution in [0.2, 0.25) is 0 Å². The number of carbonyl (C=O) groups is 2. The van der Waals surface area contributed by atoms with Crippen LogP contribution in [0.4, 0.5) is 5.82 Å². The summed E-state index contributed by atoms with van der Waals surface area (Å²) in [7, 11) is 1.34. The van der Waals surface area contributed by atoms with Gasteiger partial charge in [-0.15, -0.1) is 0 Å². The van der Waals surface area contributed by atoms with Gasteiger partial charge in [-0.25, -0.2) is 0 Å². The zero-order valence-corrected chi connectivity index (χ0v) is 9.32. The van der Waals surface area contributed by atoms with E-state index < -0.39 is 0 Å². The summed E-state index contributed by atoms with van der Waals surface area (Å²) in [5.74, 6) is 0.190. The minimum Gasteiger partial charge on any atom is -0.469 e. The molecule has 1 amide bonds. The number of H-pyrrole nitrogens is 1. The molecule has 0 saturated carbocycles. The third-order valence-corrected chi connectivity index (χ3v) is 2.57. The lowest BCUT2D eigenvalue weighted by Crippen LogP contribution is -2.06. The van der Waals surface area contributed by atoms with E-state index in [2.05, 4.69) is 15.0 Å². The molecule has 0 atom stereocenters. The molecular weight excluding hydrogens is 220 g/mol. The topological polar surface area (TPSA) is 71.2 Å². The Morgan fingerprint density at radius 3 is 2.94 bits per heavy atom. The average Bonchev–Trinajstić information content (AvgIpc) is 2.68. The highest BCUT2D eigenvalue weighted by Crippen LogP contribution is 2.26. The van der Waals surface area contributed by atoms with Crippen LogP contribution in [0.25, 0.3) is 10.9 Å². The highest BCUT2D eigenvalue weighted by atomic mass is 16.5. The summed E-state index contributed by atoms with van der Waals surface area (Å²) < 4.78 is 4.64. The largest absolute Gasteiger partial charge is 0.469 e. The van der Waals surface area contributed by atoms with Crippen molar-refractivity contribution in [3.8, 4) is 0 Å². The Bertz CT molecular complexity index is 560. The predicted molar refractivity (Wildman–Crippen MR) is 63.7 cm³/mol. The zero-order chi connectivity index (χ0) is 12.3. The number of anilines is 1. The molecule has 0 unspecified atom stereocenters. The molecule has 0 fully saturated rings. The summed E-state index contributed by atoms with van der Waals surface area (Å²) in [6, 6.07) is 7.53. The maximum atomic E-state index is 11.3. The summed E-state index contributed by atoms with van der Waals surface area (Å²) in [5.41, 5.74) is 1.61. The van der Waals surface area contributed by atoms with Gasteiger partial charge in [0, 0.05) is 16.5 Å². The van der Waals surface area contributed by atoms with E-state index in [1.807, 2.05) is 24.3 Å².